The van der Waals surface area contributed by atoms with Crippen molar-refractivity contribution >= 4 is 11.7 Å². The number of carbonyl (C=O) groups is 1. The topological polar surface area (TPSA) is 74.1 Å². The molecule has 146 valence electrons. The van der Waals surface area contributed by atoms with Gasteiger partial charge in [0, 0.05) is 17.8 Å². The van der Waals surface area contributed by atoms with Crippen LogP contribution < -0.4 is 15.4 Å². The zero-order chi connectivity index (χ0) is 20.5. The molecule has 0 radical (unpaired) electrons. The van der Waals surface area contributed by atoms with Gasteiger partial charge in [-0.25, -0.2) is 9.18 Å². The van der Waals surface area contributed by atoms with Gasteiger partial charge in [0.05, 0.1) is 12.5 Å². The van der Waals surface area contributed by atoms with Crippen molar-refractivity contribution in [1.82, 2.24) is 5.32 Å². The average Bonchev–Trinajstić information content (AvgIpc) is 2.73. The number of benzene rings is 3. The number of nitrogens with one attached hydrogen (secondary N) is 2. The zero-order valence-corrected chi connectivity index (χ0v) is 15.7. The van der Waals surface area contributed by atoms with E-state index in [1.54, 1.807) is 24.3 Å². The quantitative estimate of drug-likeness (QED) is 0.610. The van der Waals surface area contributed by atoms with E-state index in [0.717, 1.165) is 11.1 Å². The van der Waals surface area contributed by atoms with Crippen molar-refractivity contribution < 1.29 is 13.9 Å². The predicted octanol–water partition coefficient (Wildman–Crippen LogP) is 4.79. The molecular formula is C23H20FN3O2. The highest BCUT2D eigenvalue weighted by Gasteiger charge is 2.06. The summed E-state index contributed by atoms with van der Waals surface area (Å²) in [5.41, 5.74) is 2.86. The average molecular weight is 389 g/mol. The minimum atomic E-state index is -0.417. The van der Waals surface area contributed by atoms with Gasteiger partial charge in [-0.1, -0.05) is 42.5 Å². The molecule has 2 N–H and O–H groups in total. The van der Waals surface area contributed by atoms with Crippen LogP contribution in [0.1, 0.15) is 16.7 Å². The van der Waals surface area contributed by atoms with E-state index >= 15 is 0 Å². The summed E-state index contributed by atoms with van der Waals surface area (Å²) in [4.78, 5) is 12.1. The maximum Gasteiger partial charge on any atom is 0.319 e. The molecule has 0 aliphatic heterocycles. The molecule has 0 aliphatic carbocycles. The van der Waals surface area contributed by atoms with Gasteiger partial charge in [0.1, 0.15) is 18.2 Å². The molecule has 3 rings (SSSR count). The van der Waals surface area contributed by atoms with Gasteiger partial charge in [-0.3, -0.25) is 0 Å². The summed E-state index contributed by atoms with van der Waals surface area (Å²) in [7, 11) is 0. The highest BCUT2D eigenvalue weighted by Crippen LogP contribution is 2.16. The maximum absolute atomic E-state index is 13.6. The minimum absolute atomic E-state index is 0.100. The van der Waals surface area contributed by atoms with Crippen molar-refractivity contribution in [2.75, 3.05) is 5.32 Å². The van der Waals surface area contributed by atoms with E-state index in [1.165, 1.54) is 6.07 Å². The van der Waals surface area contributed by atoms with Crippen molar-refractivity contribution in [2.45, 2.75) is 19.6 Å². The lowest BCUT2D eigenvalue weighted by Gasteiger charge is -2.10. The van der Waals surface area contributed by atoms with Crippen LogP contribution in [0.4, 0.5) is 14.9 Å². The van der Waals surface area contributed by atoms with Crippen LogP contribution in [0.25, 0.3) is 0 Å². The molecule has 6 heteroatoms. The zero-order valence-electron chi connectivity index (χ0n) is 15.7. The first kappa shape index (κ1) is 19.9. The Kier molecular flexibility index (Phi) is 6.80. The first-order chi connectivity index (χ1) is 14.1. The van der Waals surface area contributed by atoms with Crippen LogP contribution >= 0.6 is 0 Å². The minimum Gasteiger partial charge on any atom is -0.489 e. The van der Waals surface area contributed by atoms with Crippen LogP contribution in [0.15, 0.2) is 72.8 Å². The molecule has 0 unspecified atom stereocenters. The monoisotopic (exact) mass is 389 g/mol. The number of nitrogens with zero attached hydrogens (tertiary/aromatic N) is 1. The lowest BCUT2D eigenvalue weighted by atomic mass is 10.1. The molecule has 2 amide bonds. The fourth-order valence-electron chi connectivity index (χ4n) is 2.69. The van der Waals surface area contributed by atoms with Gasteiger partial charge in [-0.2, -0.15) is 5.26 Å². The Morgan fingerprint density at radius 2 is 1.79 bits per heavy atom. The second-order valence-electron chi connectivity index (χ2n) is 6.37. The van der Waals surface area contributed by atoms with Gasteiger partial charge in [0.2, 0.25) is 0 Å². The molecule has 0 atom stereocenters. The first-order valence-electron chi connectivity index (χ1n) is 9.10. The van der Waals surface area contributed by atoms with Gasteiger partial charge in [-0.05, 0) is 41.5 Å². The van der Waals surface area contributed by atoms with E-state index in [-0.39, 0.29) is 12.4 Å². The SMILES string of the molecule is N#CCc1ccc(OCc2cccc(NC(=O)NCc3ccccc3F)c2)cc1. The normalized spacial score (nSPS) is 10.1. The van der Waals surface area contributed by atoms with Gasteiger partial charge in [0.25, 0.3) is 0 Å². The number of anilines is 1. The van der Waals surface area contributed by atoms with Crippen LogP contribution in [-0.2, 0) is 19.6 Å². The number of ether oxygens (including phenoxy) is 1. The van der Waals surface area contributed by atoms with Crippen LogP contribution in [0, 0.1) is 17.1 Å². The Bertz CT molecular complexity index is 1010. The molecule has 0 saturated heterocycles. The summed E-state index contributed by atoms with van der Waals surface area (Å²) in [5, 5.41) is 14.1. The molecule has 0 saturated carbocycles. The number of hydrogen-bond donors (Lipinski definition) is 2. The van der Waals surface area contributed by atoms with Crippen LogP contribution in [0.2, 0.25) is 0 Å². The molecule has 0 aliphatic rings. The standard InChI is InChI=1S/C23H20FN3O2/c24-22-7-2-1-5-19(22)15-26-23(28)27-20-6-3-4-18(14-20)16-29-21-10-8-17(9-11-21)12-13-25/h1-11,14H,12,15-16H2,(H2,26,27,28). The van der Waals surface area contributed by atoms with E-state index in [0.29, 0.717) is 30.0 Å². The van der Waals surface area contributed by atoms with Crippen molar-refractivity contribution in [2.24, 2.45) is 0 Å². The van der Waals surface area contributed by atoms with Crippen molar-refractivity contribution in [3.63, 3.8) is 0 Å². The molecule has 5 nitrogen and oxygen atoms in total. The van der Waals surface area contributed by atoms with E-state index in [4.69, 9.17) is 10.00 Å². The summed E-state index contributed by atoms with van der Waals surface area (Å²) in [5.74, 6) is 0.347. The van der Waals surface area contributed by atoms with Gasteiger partial charge >= 0.3 is 6.03 Å². The van der Waals surface area contributed by atoms with E-state index in [2.05, 4.69) is 16.7 Å². The Morgan fingerprint density at radius 1 is 1.00 bits per heavy atom. The third-order valence-electron chi connectivity index (χ3n) is 4.19. The third-order valence-corrected chi connectivity index (χ3v) is 4.19. The fraction of sp³-hybridized carbons (Fsp3) is 0.130. The number of amides is 2. The Balaban J connectivity index is 1.51. The molecule has 0 spiro atoms. The number of halogens is 1. The maximum atomic E-state index is 13.6. The Labute approximate surface area is 168 Å². The molecular weight excluding hydrogens is 369 g/mol. The molecule has 3 aromatic rings. The molecule has 0 fully saturated rings. The highest BCUT2D eigenvalue weighted by atomic mass is 19.1. The lowest BCUT2D eigenvalue weighted by Crippen LogP contribution is -2.28. The van der Waals surface area contributed by atoms with E-state index in [1.807, 2.05) is 42.5 Å². The molecule has 0 aromatic heterocycles. The van der Waals surface area contributed by atoms with Gasteiger partial charge < -0.3 is 15.4 Å². The number of hydrogen-bond acceptors (Lipinski definition) is 3. The molecule has 0 bridgehead atoms. The highest BCUT2D eigenvalue weighted by molar-refractivity contribution is 5.89. The first-order valence-corrected chi connectivity index (χ1v) is 9.10. The molecule has 29 heavy (non-hydrogen) atoms. The second kappa shape index (κ2) is 9.90. The smallest absolute Gasteiger partial charge is 0.319 e. The Hall–Kier alpha value is -3.85. The summed E-state index contributed by atoms with van der Waals surface area (Å²) in [6.45, 7) is 0.438. The predicted molar refractivity (Wildman–Crippen MR) is 109 cm³/mol. The third kappa shape index (κ3) is 6.08. The largest absolute Gasteiger partial charge is 0.489 e. The van der Waals surface area contributed by atoms with E-state index in [9.17, 15) is 9.18 Å². The molecule has 3 aromatic carbocycles. The number of nitriles is 1. The summed E-state index contributed by atoms with van der Waals surface area (Å²) in [6.07, 6.45) is 0.368. The molecule has 0 heterocycles. The van der Waals surface area contributed by atoms with Crippen LogP contribution in [0.3, 0.4) is 0 Å². The fourth-order valence-corrected chi connectivity index (χ4v) is 2.69. The Morgan fingerprint density at radius 3 is 2.55 bits per heavy atom. The summed E-state index contributed by atoms with van der Waals surface area (Å²) in [6, 6.07) is 22.7. The van der Waals surface area contributed by atoms with Crippen LogP contribution in [0.5, 0.6) is 5.75 Å². The van der Waals surface area contributed by atoms with Crippen molar-refractivity contribution in [3.05, 3.63) is 95.3 Å². The van der Waals surface area contributed by atoms with Crippen molar-refractivity contribution in [3.8, 4) is 11.8 Å². The second-order valence-corrected chi connectivity index (χ2v) is 6.37. The van der Waals surface area contributed by atoms with Gasteiger partial charge in [0.15, 0.2) is 0 Å². The van der Waals surface area contributed by atoms with Gasteiger partial charge in [-0.15, -0.1) is 0 Å². The lowest BCUT2D eigenvalue weighted by molar-refractivity contribution is 0.251. The van der Waals surface area contributed by atoms with E-state index < -0.39 is 6.03 Å². The number of urea groups is 1. The summed E-state index contributed by atoms with van der Waals surface area (Å²) < 4.78 is 19.4. The number of carbonyl (C=O) groups excluding carboxylic acids is 1. The van der Waals surface area contributed by atoms with Crippen LogP contribution in [-0.4, -0.2) is 6.03 Å². The summed E-state index contributed by atoms with van der Waals surface area (Å²) >= 11 is 0. The van der Waals surface area contributed by atoms with Crippen molar-refractivity contribution in [1.29, 1.82) is 5.26 Å². The number of rotatable bonds is 7.